The number of nitrogens with two attached hydrogens (primary N) is 1. The Morgan fingerprint density at radius 2 is 2.07 bits per heavy atom. The van der Waals surface area contributed by atoms with Gasteiger partial charge in [0, 0.05) is 12.7 Å². The van der Waals surface area contributed by atoms with Crippen molar-refractivity contribution in [2.24, 2.45) is 5.73 Å². The molecule has 0 aliphatic heterocycles. The zero-order chi connectivity index (χ0) is 9.97. The van der Waals surface area contributed by atoms with E-state index in [4.69, 9.17) is 5.73 Å². The third kappa shape index (κ3) is 1.47. The molecule has 0 aliphatic rings. The lowest BCUT2D eigenvalue weighted by atomic mass is 10.3. The number of hydrogen-bond donors (Lipinski definition) is 2. The summed E-state index contributed by atoms with van der Waals surface area (Å²) in [5.41, 5.74) is 6.90. The van der Waals surface area contributed by atoms with E-state index < -0.39 is 0 Å². The number of nitrogens with zero attached hydrogens (tertiary/aromatic N) is 2. The van der Waals surface area contributed by atoms with Crippen LogP contribution in [0.4, 0.5) is 0 Å². The van der Waals surface area contributed by atoms with Crippen LogP contribution in [0.15, 0.2) is 36.5 Å². The summed E-state index contributed by atoms with van der Waals surface area (Å²) in [6.45, 7) is 0.403. The molecule has 0 radical (unpaired) electrons. The minimum Gasteiger partial charge on any atom is -0.506 e. The number of para-hydroxylation sites is 2. The highest BCUT2D eigenvalue weighted by Gasteiger charge is 2.03. The van der Waals surface area contributed by atoms with Gasteiger partial charge in [-0.15, -0.1) is 0 Å². The Kier molecular flexibility index (Phi) is 2.20. The number of benzene rings is 1. The van der Waals surface area contributed by atoms with Gasteiger partial charge in [0.05, 0.1) is 5.69 Å². The highest BCUT2D eigenvalue weighted by molar-refractivity contribution is 5.44. The van der Waals surface area contributed by atoms with Crippen molar-refractivity contribution >= 4 is 0 Å². The maximum absolute atomic E-state index is 9.55. The van der Waals surface area contributed by atoms with E-state index in [9.17, 15) is 5.11 Å². The largest absolute Gasteiger partial charge is 0.506 e. The van der Waals surface area contributed by atoms with Crippen LogP contribution >= 0.6 is 0 Å². The molecule has 0 bridgehead atoms. The van der Waals surface area contributed by atoms with Crippen molar-refractivity contribution in [2.45, 2.75) is 6.54 Å². The van der Waals surface area contributed by atoms with Crippen LogP contribution in [0.5, 0.6) is 5.75 Å². The summed E-state index contributed by atoms with van der Waals surface area (Å²) < 4.78 is 1.61. The molecular formula is C10H11N3O. The highest BCUT2D eigenvalue weighted by atomic mass is 16.3. The first-order chi connectivity index (χ1) is 6.81. The summed E-state index contributed by atoms with van der Waals surface area (Å²) in [5.74, 6) is 0.208. The number of aromatic hydroxyl groups is 1. The van der Waals surface area contributed by atoms with Crippen molar-refractivity contribution < 1.29 is 5.11 Å². The third-order valence-corrected chi connectivity index (χ3v) is 1.98. The van der Waals surface area contributed by atoms with Gasteiger partial charge in [0.1, 0.15) is 11.4 Å². The molecule has 0 fully saturated rings. The van der Waals surface area contributed by atoms with E-state index in [1.165, 1.54) is 0 Å². The van der Waals surface area contributed by atoms with E-state index >= 15 is 0 Å². The van der Waals surface area contributed by atoms with Crippen LogP contribution < -0.4 is 5.73 Å². The quantitative estimate of drug-likeness (QED) is 0.741. The van der Waals surface area contributed by atoms with Crippen molar-refractivity contribution in [3.8, 4) is 11.4 Å². The molecule has 0 saturated carbocycles. The molecule has 1 aromatic heterocycles. The zero-order valence-corrected chi connectivity index (χ0v) is 7.59. The fourth-order valence-corrected chi connectivity index (χ4v) is 1.26. The number of phenols is 1. The average molecular weight is 189 g/mol. The van der Waals surface area contributed by atoms with Crippen molar-refractivity contribution in [3.05, 3.63) is 42.2 Å². The molecule has 4 heteroatoms. The second kappa shape index (κ2) is 3.51. The molecule has 14 heavy (non-hydrogen) atoms. The van der Waals surface area contributed by atoms with Gasteiger partial charge in [0.2, 0.25) is 0 Å². The first kappa shape index (κ1) is 8.77. The van der Waals surface area contributed by atoms with Gasteiger partial charge in [-0.1, -0.05) is 12.1 Å². The maximum Gasteiger partial charge on any atom is 0.141 e. The number of hydrogen-bond acceptors (Lipinski definition) is 3. The molecule has 3 N–H and O–H groups in total. The van der Waals surface area contributed by atoms with E-state index in [-0.39, 0.29) is 5.75 Å². The van der Waals surface area contributed by atoms with E-state index in [0.29, 0.717) is 12.2 Å². The smallest absolute Gasteiger partial charge is 0.141 e. The molecule has 2 aromatic rings. The summed E-state index contributed by atoms with van der Waals surface area (Å²) in [4.78, 5) is 0. The Morgan fingerprint density at radius 1 is 1.29 bits per heavy atom. The first-order valence-corrected chi connectivity index (χ1v) is 4.34. The normalized spacial score (nSPS) is 10.4. The monoisotopic (exact) mass is 189 g/mol. The summed E-state index contributed by atoms with van der Waals surface area (Å²) in [6, 6.07) is 8.86. The van der Waals surface area contributed by atoms with Crippen LogP contribution in [0.2, 0.25) is 0 Å². The van der Waals surface area contributed by atoms with E-state index in [1.807, 2.05) is 12.1 Å². The summed E-state index contributed by atoms with van der Waals surface area (Å²) in [6.07, 6.45) is 1.78. The van der Waals surface area contributed by atoms with E-state index in [0.717, 1.165) is 5.69 Å². The van der Waals surface area contributed by atoms with Gasteiger partial charge >= 0.3 is 0 Å². The fourth-order valence-electron chi connectivity index (χ4n) is 1.26. The Balaban J connectivity index is 2.44. The zero-order valence-electron chi connectivity index (χ0n) is 7.59. The Bertz CT molecular complexity index is 436. The molecule has 1 heterocycles. The van der Waals surface area contributed by atoms with Crippen LogP contribution in [-0.4, -0.2) is 14.9 Å². The molecule has 0 saturated heterocycles. The molecule has 4 nitrogen and oxygen atoms in total. The van der Waals surface area contributed by atoms with Crippen molar-refractivity contribution in [2.75, 3.05) is 0 Å². The lowest BCUT2D eigenvalue weighted by Gasteiger charge is -2.02. The molecule has 0 unspecified atom stereocenters. The number of rotatable bonds is 2. The minimum absolute atomic E-state index is 0.208. The lowest BCUT2D eigenvalue weighted by Crippen LogP contribution is -2.00. The Hall–Kier alpha value is -1.81. The van der Waals surface area contributed by atoms with Crippen LogP contribution in [0.1, 0.15) is 5.69 Å². The van der Waals surface area contributed by atoms with Crippen LogP contribution in [0, 0.1) is 0 Å². The third-order valence-electron chi connectivity index (χ3n) is 1.98. The van der Waals surface area contributed by atoms with Crippen LogP contribution in [-0.2, 0) is 6.54 Å². The fraction of sp³-hybridized carbons (Fsp3) is 0.100. The van der Waals surface area contributed by atoms with Crippen LogP contribution in [0.3, 0.4) is 0 Å². The molecule has 72 valence electrons. The SMILES string of the molecule is NCc1ccn(-c2ccccc2O)n1. The van der Waals surface area contributed by atoms with E-state index in [1.54, 1.807) is 29.1 Å². The maximum atomic E-state index is 9.55. The van der Waals surface area contributed by atoms with Crippen molar-refractivity contribution in [1.29, 1.82) is 0 Å². The molecule has 0 atom stereocenters. The van der Waals surface area contributed by atoms with Gasteiger partial charge in [-0.25, -0.2) is 4.68 Å². The second-order valence-electron chi connectivity index (χ2n) is 2.94. The van der Waals surface area contributed by atoms with Gasteiger partial charge in [0.25, 0.3) is 0 Å². The minimum atomic E-state index is 0.208. The number of phenolic OH excluding ortho intramolecular Hbond substituents is 1. The lowest BCUT2D eigenvalue weighted by molar-refractivity contribution is 0.470. The van der Waals surface area contributed by atoms with Crippen molar-refractivity contribution in [3.63, 3.8) is 0 Å². The summed E-state index contributed by atoms with van der Waals surface area (Å²) in [7, 11) is 0. The van der Waals surface area contributed by atoms with Gasteiger partial charge in [-0.05, 0) is 18.2 Å². The summed E-state index contributed by atoms with van der Waals surface area (Å²) >= 11 is 0. The molecule has 0 aliphatic carbocycles. The molecular weight excluding hydrogens is 178 g/mol. The van der Waals surface area contributed by atoms with Gasteiger partial charge in [0.15, 0.2) is 0 Å². The predicted octanol–water partition coefficient (Wildman–Crippen LogP) is 1.04. The Labute approximate surface area is 81.6 Å². The molecule has 1 aromatic carbocycles. The standard InChI is InChI=1S/C10H11N3O/c11-7-8-5-6-13(12-8)9-3-1-2-4-10(9)14/h1-6,14H,7,11H2. The van der Waals surface area contributed by atoms with Gasteiger partial charge < -0.3 is 10.8 Å². The highest BCUT2D eigenvalue weighted by Crippen LogP contribution is 2.19. The summed E-state index contributed by atoms with van der Waals surface area (Å²) in [5, 5.41) is 13.7. The van der Waals surface area contributed by atoms with Gasteiger partial charge in [-0.2, -0.15) is 5.10 Å². The predicted molar refractivity (Wildman–Crippen MR) is 53.1 cm³/mol. The van der Waals surface area contributed by atoms with Gasteiger partial charge in [-0.3, -0.25) is 0 Å². The number of aromatic nitrogens is 2. The molecule has 0 amide bonds. The van der Waals surface area contributed by atoms with Crippen LogP contribution in [0.25, 0.3) is 5.69 Å². The molecule has 0 spiro atoms. The molecule has 2 rings (SSSR count). The second-order valence-corrected chi connectivity index (χ2v) is 2.94. The first-order valence-electron chi connectivity index (χ1n) is 4.34. The van der Waals surface area contributed by atoms with E-state index in [2.05, 4.69) is 5.10 Å². The van der Waals surface area contributed by atoms with Crippen molar-refractivity contribution in [1.82, 2.24) is 9.78 Å². The Morgan fingerprint density at radius 3 is 2.71 bits per heavy atom. The topological polar surface area (TPSA) is 64.1 Å². The average Bonchev–Trinajstić information content (AvgIpc) is 2.67.